The summed E-state index contributed by atoms with van der Waals surface area (Å²) in [6.45, 7) is 2.01. The molecule has 5 heteroatoms. The van der Waals surface area contributed by atoms with Crippen molar-refractivity contribution in [2.75, 3.05) is 5.32 Å². The fourth-order valence-corrected chi connectivity index (χ4v) is 3.53. The fourth-order valence-electron chi connectivity index (χ4n) is 3.29. The summed E-state index contributed by atoms with van der Waals surface area (Å²) in [5.41, 5.74) is 4.98. The highest BCUT2D eigenvalue weighted by atomic mass is 35.5. The van der Waals surface area contributed by atoms with E-state index in [1.54, 1.807) is 0 Å². The molecule has 0 atom stereocenters. The van der Waals surface area contributed by atoms with Crippen LogP contribution in [0.1, 0.15) is 47.6 Å². The molecule has 0 saturated carbocycles. The molecule has 1 heterocycles. The van der Waals surface area contributed by atoms with E-state index in [0.717, 1.165) is 31.4 Å². The predicted octanol–water partition coefficient (Wildman–Crippen LogP) is 4.66. The van der Waals surface area contributed by atoms with Crippen LogP contribution in [0, 0.1) is 22.7 Å². The average molecular weight is 337 g/mol. The highest BCUT2D eigenvalue weighted by molar-refractivity contribution is 6.30. The lowest BCUT2D eigenvalue weighted by atomic mass is 10.00. The van der Waals surface area contributed by atoms with Gasteiger partial charge in [0.25, 0.3) is 0 Å². The van der Waals surface area contributed by atoms with E-state index in [9.17, 15) is 10.5 Å². The molecule has 1 N–H and O–H groups in total. The monoisotopic (exact) mass is 336 g/mol. The van der Waals surface area contributed by atoms with Gasteiger partial charge in [0.15, 0.2) is 5.82 Å². The third kappa shape index (κ3) is 2.82. The molecule has 1 aliphatic rings. The van der Waals surface area contributed by atoms with Crippen molar-refractivity contribution in [3.05, 3.63) is 51.2 Å². The maximum atomic E-state index is 9.63. The maximum absolute atomic E-state index is 9.63. The number of halogens is 1. The molecule has 120 valence electrons. The van der Waals surface area contributed by atoms with Gasteiger partial charge in [-0.3, -0.25) is 0 Å². The zero-order chi connectivity index (χ0) is 17.1. The zero-order valence-corrected chi connectivity index (χ0v) is 14.2. The number of pyridine rings is 1. The van der Waals surface area contributed by atoms with Crippen LogP contribution >= 0.6 is 11.6 Å². The highest BCUT2D eigenvalue weighted by Crippen LogP contribution is 2.33. The highest BCUT2D eigenvalue weighted by Gasteiger charge is 2.20. The van der Waals surface area contributed by atoms with Gasteiger partial charge in [0.05, 0.1) is 11.1 Å². The van der Waals surface area contributed by atoms with Crippen LogP contribution in [0.15, 0.2) is 18.2 Å². The van der Waals surface area contributed by atoms with Gasteiger partial charge in [0.2, 0.25) is 0 Å². The summed E-state index contributed by atoms with van der Waals surface area (Å²) in [5, 5.41) is 22.4. The van der Waals surface area contributed by atoms with E-state index in [4.69, 9.17) is 11.6 Å². The third-order valence-electron chi connectivity index (χ3n) is 4.38. The molecule has 0 spiro atoms. The Balaban J connectivity index is 2.11. The lowest BCUT2D eigenvalue weighted by Gasteiger charge is -2.15. The molecule has 0 amide bonds. The SMILES string of the molecule is CCCc1c(C#N)c(Cl)nc(Nc2cccc3c2CCC3)c1C#N. The smallest absolute Gasteiger partial charge is 0.150 e. The van der Waals surface area contributed by atoms with Crippen LogP contribution < -0.4 is 5.32 Å². The summed E-state index contributed by atoms with van der Waals surface area (Å²) in [5.74, 6) is 0.435. The molecule has 1 aromatic heterocycles. The van der Waals surface area contributed by atoms with Gasteiger partial charge in [0, 0.05) is 5.69 Å². The zero-order valence-electron chi connectivity index (χ0n) is 13.5. The number of aryl methyl sites for hydroxylation is 1. The number of nitrogens with zero attached hydrogens (tertiary/aromatic N) is 3. The minimum absolute atomic E-state index is 0.148. The van der Waals surface area contributed by atoms with Crippen molar-refractivity contribution >= 4 is 23.1 Å². The van der Waals surface area contributed by atoms with Gasteiger partial charge in [-0.25, -0.2) is 4.98 Å². The number of nitrogens with one attached hydrogen (secondary N) is 1. The fraction of sp³-hybridized carbons (Fsp3) is 0.316. The summed E-state index contributed by atoms with van der Waals surface area (Å²) in [6, 6.07) is 10.4. The van der Waals surface area contributed by atoms with Crippen LogP contribution in [0.3, 0.4) is 0 Å². The third-order valence-corrected chi connectivity index (χ3v) is 4.65. The molecule has 0 saturated heterocycles. The lowest BCUT2D eigenvalue weighted by molar-refractivity contribution is 0.909. The number of benzene rings is 1. The predicted molar refractivity (Wildman–Crippen MR) is 94.4 cm³/mol. The Bertz CT molecular complexity index is 874. The number of hydrogen-bond acceptors (Lipinski definition) is 4. The Morgan fingerprint density at radius 2 is 2.00 bits per heavy atom. The normalized spacial score (nSPS) is 12.3. The minimum atomic E-state index is 0.148. The second-order valence-electron chi connectivity index (χ2n) is 5.88. The van der Waals surface area contributed by atoms with E-state index >= 15 is 0 Å². The summed E-state index contributed by atoms with van der Waals surface area (Å²) < 4.78 is 0. The maximum Gasteiger partial charge on any atom is 0.150 e. The molecule has 4 nitrogen and oxygen atoms in total. The summed E-state index contributed by atoms with van der Waals surface area (Å²) >= 11 is 6.20. The van der Waals surface area contributed by atoms with Gasteiger partial charge in [0.1, 0.15) is 17.3 Å². The van der Waals surface area contributed by atoms with Crippen LogP contribution in [0.4, 0.5) is 11.5 Å². The molecule has 0 aliphatic heterocycles. The standard InChI is InChI=1S/C19H17ClN4/c1-2-5-14-15(10-21)18(20)24-19(16(14)11-22)23-17-9-4-7-12-6-3-8-13(12)17/h4,7,9H,2-3,5-6,8H2,1H3,(H,23,24). The number of rotatable bonds is 4. The molecule has 0 fully saturated rings. The second kappa shape index (κ2) is 6.91. The number of aromatic nitrogens is 1. The lowest BCUT2D eigenvalue weighted by Crippen LogP contribution is -2.06. The van der Waals surface area contributed by atoms with Crippen molar-refractivity contribution in [3.63, 3.8) is 0 Å². The van der Waals surface area contributed by atoms with E-state index in [1.165, 1.54) is 11.1 Å². The van der Waals surface area contributed by atoms with Gasteiger partial charge in [-0.05, 0) is 48.4 Å². The topological polar surface area (TPSA) is 72.5 Å². The van der Waals surface area contributed by atoms with E-state index in [2.05, 4.69) is 28.5 Å². The van der Waals surface area contributed by atoms with Crippen molar-refractivity contribution < 1.29 is 0 Å². The van der Waals surface area contributed by atoms with Crippen LogP contribution in [0.2, 0.25) is 5.15 Å². The number of fused-ring (bicyclic) bond motifs is 1. The van der Waals surface area contributed by atoms with Crippen molar-refractivity contribution in [1.29, 1.82) is 10.5 Å². The van der Waals surface area contributed by atoms with Crippen LogP contribution in [-0.4, -0.2) is 4.98 Å². The molecular weight excluding hydrogens is 320 g/mol. The van der Waals surface area contributed by atoms with Gasteiger partial charge in [-0.2, -0.15) is 10.5 Å². The first-order valence-corrected chi connectivity index (χ1v) is 8.47. The van der Waals surface area contributed by atoms with Crippen molar-refractivity contribution in [2.24, 2.45) is 0 Å². The van der Waals surface area contributed by atoms with Crippen LogP contribution in [-0.2, 0) is 19.3 Å². The van der Waals surface area contributed by atoms with Gasteiger partial charge < -0.3 is 5.32 Å². The quantitative estimate of drug-likeness (QED) is 0.824. The first-order valence-electron chi connectivity index (χ1n) is 8.10. The number of hydrogen-bond donors (Lipinski definition) is 1. The molecular formula is C19H17ClN4. The van der Waals surface area contributed by atoms with Crippen molar-refractivity contribution in [1.82, 2.24) is 4.98 Å². The summed E-state index contributed by atoms with van der Waals surface area (Å²) in [4.78, 5) is 4.29. The molecule has 3 rings (SSSR count). The van der Waals surface area contributed by atoms with Gasteiger partial charge >= 0.3 is 0 Å². The molecule has 24 heavy (non-hydrogen) atoms. The van der Waals surface area contributed by atoms with Gasteiger partial charge in [-0.1, -0.05) is 37.1 Å². The Morgan fingerprint density at radius 1 is 1.21 bits per heavy atom. The molecule has 0 bridgehead atoms. The van der Waals surface area contributed by atoms with E-state index < -0.39 is 0 Å². The minimum Gasteiger partial charge on any atom is -0.339 e. The first-order chi connectivity index (χ1) is 11.7. The molecule has 1 aromatic carbocycles. The van der Waals surface area contributed by atoms with E-state index in [1.807, 2.05) is 19.1 Å². The van der Waals surface area contributed by atoms with E-state index in [0.29, 0.717) is 28.9 Å². The molecule has 2 aromatic rings. The van der Waals surface area contributed by atoms with Crippen molar-refractivity contribution in [2.45, 2.75) is 39.0 Å². The van der Waals surface area contributed by atoms with E-state index in [-0.39, 0.29) is 5.15 Å². The largest absolute Gasteiger partial charge is 0.339 e. The summed E-state index contributed by atoms with van der Waals surface area (Å²) in [6.07, 6.45) is 4.69. The average Bonchev–Trinajstić information content (AvgIpc) is 3.05. The molecule has 1 aliphatic carbocycles. The van der Waals surface area contributed by atoms with Crippen LogP contribution in [0.25, 0.3) is 0 Å². The molecule has 0 radical (unpaired) electrons. The Morgan fingerprint density at radius 3 is 2.71 bits per heavy atom. The first kappa shape index (κ1) is 16.3. The van der Waals surface area contributed by atoms with Crippen molar-refractivity contribution in [3.8, 4) is 12.1 Å². The number of nitriles is 2. The second-order valence-corrected chi connectivity index (χ2v) is 6.23. The Labute approximate surface area is 146 Å². The van der Waals surface area contributed by atoms with Crippen LogP contribution in [0.5, 0.6) is 0 Å². The summed E-state index contributed by atoms with van der Waals surface area (Å²) in [7, 11) is 0. The molecule has 0 unspecified atom stereocenters. The number of anilines is 2. The Kier molecular flexibility index (Phi) is 4.69. The Hall–Kier alpha value is -2.56. The van der Waals surface area contributed by atoms with Gasteiger partial charge in [-0.15, -0.1) is 0 Å².